The number of anilines is 2. The zero-order chi connectivity index (χ0) is 17.6. The highest BCUT2D eigenvalue weighted by Crippen LogP contribution is 2.31. The first-order valence-electron chi connectivity index (χ1n) is 7.46. The summed E-state index contributed by atoms with van der Waals surface area (Å²) in [6, 6.07) is 1.19. The molecule has 0 bridgehead atoms. The van der Waals surface area contributed by atoms with Crippen LogP contribution in [-0.2, 0) is 4.74 Å². The molecule has 25 heavy (non-hydrogen) atoms. The fourth-order valence-corrected chi connectivity index (χ4v) is 3.06. The maximum Gasteiger partial charge on any atom is 0.200 e. The van der Waals surface area contributed by atoms with Crippen molar-refractivity contribution in [2.24, 2.45) is 0 Å². The first-order chi connectivity index (χ1) is 12.0. The third-order valence-electron chi connectivity index (χ3n) is 3.87. The fourth-order valence-electron chi connectivity index (χ4n) is 2.71. The lowest BCUT2D eigenvalue weighted by Gasteiger charge is -2.12. The summed E-state index contributed by atoms with van der Waals surface area (Å²) >= 11 is 3.20. The summed E-state index contributed by atoms with van der Waals surface area (Å²) < 4.78 is 48.0. The molecule has 1 aliphatic heterocycles. The quantitative estimate of drug-likeness (QED) is 0.518. The average molecular weight is 414 g/mol. The lowest BCUT2D eigenvalue weighted by atomic mass is 10.2. The van der Waals surface area contributed by atoms with Crippen molar-refractivity contribution in [2.75, 3.05) is 11.9 Å². The standard InChI is InChI=1S/C15H11BrF3N5O/c16-15-22-13(21-10-5-8(18)7(17)4-9(10)19)12-14(23-15)24(6-20-12)11-2-1-3-25-11/h4-6,11H,1-3H2,(H,21,22,23). The van der Waals surface area contributed by atoms with Gasteiger partial charge >= 0.3 is 0 Å². The molecule has 0 saturated carbocycles. The van der Waals surface area contributed by atoms with Crippen LogP contribution in [0.2, 0.25) is 0 Å². The van der Waals surface area contributed by atoms with E-state index >= 15 is 0 Å². The summed E-state index contributed by atoms with van der Waals surface area (Å²) in [6.07, 6.45) is 3.14. The Bertz CT molecular complexity index is 958. The van der Waals surface area contributed by atoms with Gasteiger partial charge in [-0.25, -0.2) is 28.1 Å². The molecule has 2 aromatic heterocycles. The molecule has 1 fully saturated rings. The van der Waals surface area contributed by atoms with Gasteiger partial charge in [0.05, 0.1) is 12.0 Å². The first-order valence-corrected chi connectivity index (χ1v) is 8.25. The van der Waals surface area contributed by atoms with Crippen molar-refractivity contribution in [1.29, 1.82) is 0 Å². The number of hydrogen-bond donors (Lipinski definition) is 1. The molecule has 6 nitrogen and oxygen atoms in total. The third-order valence-corrected chi connectivity index (χ3v) is 4.23. The molecule has 3 aromatic rings. The van der Waals surface area contributed by atoms with Gasteiger partial charge < -0.3 is 10.1 Å². The van der Waals surface area contributed by atoms with Crippen LogP contribution in [0.1, 0.15) is 19.1 Å². The minimum atomic E-state index is -1.26. The molecule has 10 heteroatoms. The van der Waals surface area contributed by atoms with Crippen molar-refractivity contribution in [2.45, 2.75) is 19.1 Å². The Hall–Kier alpha value is -2.20. The number of fused-ring (bicyclic) bond motifs is 1. The van der Waals surface area contributed by atoms with Gasteiger partial charge in [-0.2, -0.15) is 0 Å². The predicted molar refractivity (Wildman–Crippen MR) is 86.8 cm³/mol. The Balaban J connectivity index is 1.78. The number of hydrogen-bond acceptors (Lipinski definition) is 5. The minimum Gasteiger partial charge on any atom is -0.358 e. The molecule has 1 saturated heterocycles. The molecule has 0 spiro atoms. The van der Waals surface area contributed by atoms with Gasteiger partial charge in [-0.3, -0.25) is 4.57 Å². The second kappa shape index (κ2) is 6.26. The van der Waals surface area contributed by atoms with Gasteiger partial charge in [0, 0.05) is 18.7 Å². The van der Waals surface area contributed by atoms with Crippen LogP contribution < -0.4 is 5.32 Å². The van der Waals surface area contributed by atoms with E-state index in [2.05, 4.69) is 36.2 Å². The van der Waals surface area contributed by atoms with Gasteiger partial charge in [-0.1, -0.05) is 0 Å². The Morgan fingerprint density at radius 1 is 1.16 bits per heavy atom. The lowest BCUT2D eigenvalue weighted by molar-refractivity contribution is 0.0592. The van der Waals surface area contributed by atoms with Gasteiger partial charge in [0.2, 0.25) is 4.73 Å². The molecular formula is C15H11BrF3N5O. The molecule has 1 N–H and O–H groups in total. The van der Waals surface area contributed by atoms with Crippen LogP contribution in [0, 0.1) is 17.5 Å². The lowest BCUT2D eigenvalue weighted by Crippen LogP contribution is -2.07. The average Bonchev–Trinajstić information content (AvgIpc) is 3.21. The molecule has 1 unspecified atom stereocenters. The summed E-state index contributed by atoms with van der Waals surface area (Å²) in [7, 11) is 0. The van der Waals surface area contributed by atoms with Crippen molar-refractivity contribution < 1.29 is 17.9 Å². The van der Waals surface area contributed by atoms with Gasteiger partial charge in [0.25, 0.3) is 0 Å². The summed E-state index contributed by atoms with van der Waals surface area (Å²) in [5.41, 5.74) is 0.597. The molecular weight excluding hydrogens is 403 g/mol. The molecule has 0 radical (unpaired) electrons. The minimum absolute atomic E-state index is 0.165. The van der Waals surface area contributed by atoms with E-state index in [-0.39, 0.29) is 22.5 Å². The Labute approximate surface area is 148 Å². The maximum atomic E-state index is 13.9. The van der Waals surface area contributed by atoms with E-state index in [4.69, 9.17) is 4.74 Å². The molecule has 1 aliphatic rings. The third kappa shape index (κ3) is 2.95. The molecule has 0 amide bonds. The maximum absolute atomic E-state index is 13.9. The summed E-state index contributed by atoms with van der Waals surface area (Å²) in [4.78, 5) is 12.7. The highest BCUT2D eigenvalue weighted by atomic mass is 79.9. The number of rotatable bonds is 3. The monoisotopic (exact) mass is 413 g/mol. The van der Waals surface area contributed by atoms with E-state index in [1.807, 2.05) is 0 Å². The van der Waals surface area contributed by atoms with Crippen molar-refractivity contribution in [3.63, 3.8) is 0 Å². The van der Waals surface area contributed by atoms with E-state index in [9.17, 15) is 13.2 Å². The van der Waals surface area contributed by atoms with Crippen molar-refractivity contribution in [3.05, 3.63) is 40.6 Å². The van der Waals surface area contributed by atoms with Crippen LogP contribution >= 0.6 is 15.9 Å². The van der Waals surface area contributed by atoms with Crippen LogP contribution in [-0.4, -0.2) is 26.1 Å². The highest BCUT2D eigenvalue weighted by Gasteiger charge is 2.22. The highest BCUT2D eigenvalue weighted by molar-refractivity contribution is 9.10. The van der Waals surface area contributed by atoms with Gasteiger partial charge in [-0.05, 0) is 28.8 Å². The van der Waals surface area contributed by atoms with E-state index in [0.29, 0.717) is 23.8 Å². The van der Waals surface area contributed by atoms with Crippen LogP contribution in [0.5, 0.6) is 0 Å². The van der Waals surface area contributed by atoms with E-state index < -0.39 is 17.5 Å². The zero-order valence-corrected chi connectivity index (χ0v) is 14.2. The molecule has 3 heterocycles. The van der Waals surface area contributed by atoms with Crippen LogP contribution in [0.3, 0.4) is 0 Å². The molecule has 130 valence electrons. The molecule has 1 atom stereocenters. The van der Waals surface area contributed by atoms with Crippen molar-refractivity contribution >= 4 is 38.6 Å². The van der Waals surface area contributed by atoms with E-state index in [1.165, 1.54) is 0 Å². The molecule has 0 aliphatic carbocycles. The molecule has 1 aromatic carbocycles. The number of imidazole rings is 1. The van der Waals surface area contributed by atoms with Crippen LogP contribution in [0.25, 0.3) is 11.2 Å². The number of nitrogens with zero attached hydrogens (tertiary/aromatic N) is 4. The number of nitrogens with one attached hydrogen (secondary N) is 1. The second-order valence-corrected chi connectivity index (χ2v) is 6.21. The molecule has 4 rings (SSSR count). The number of ether oxygens (including phenoxy) is 1. The van der Waals surface area contributed by atoms with Gasteiger partial charge in [0.1, 0.15) is 12.0 Å². The summed E-state index contributed by atoms with van der Waals surface area (Å²) in [6.45, 7) is 0.655. The smallest absolute Gasteiger partial charge is 0.200 e. The number of aromatic nitrogens is 4. The summed E-state index contributed by atoms with van der Waals surface area (Å²) in [5.74, 6) is -3.21. The SMILES string of the molecule is Fc1cc(F)c(Nc2nc(Br)nc3c2ncn3C2CCCO2)cc1F. The fraction of sp³-hybridized carbons (Fsp3) is 0.267. The van der Waals surface area contributed by atoms with E-state index in [1.54, 1.807) is 10.9 Å². The Morgan fingerprint density at radius 2 is 1.96 bits per heavy atom. The normalized spacial score (nSPS) is 17.4. The number of benzene rings is 1. The number of halogens is 4. The Kier molecular flexibility index (Phi) is 4.08. The largest absolute Gasteiger partial charge is 0.358 e. The van der Waals surface area contributed by atoms with Gasteiger partial charge in [-0.15, -0.1) is 0 Å². The second-order valence-electron chi connectivity index (χ2n) is 5.50. The Morgan fingerprint density at radius 3 is 2.72 bits per heavy atom. The van der Waals surface area contributed by atoms with E-state index in [0.717, 1.165) is 18.9 Å². The van der Waals surface area contributed by atoms with Crippen LogP contribution in [0.15, 0.2) is 23.2 Å². The van der Waals surface area contributed by atoms with Crippen LogP contribution in [0.4, 0.5) is 24.7 Å². The topological polar surface area (TPSA) is 64.9 Å². The zero-order valence-electron chi connectivity index (χ0n) is 12.6. The predicted octanol–water partition coefficient (Wildman–Crippen LogP) is 4.06. The van der Waals surface area contributed by atoms with Gasteiger partial charge in [0.15, 0.2) is 28.6 Å². The first kappa shape index (κ1) is 16.3. The van der Waals surface area contributed by atoms with Crippen molar-refractivity contribution in [1.82, 2.24) is 19.5 Å². The summed E-state index contributed by atoms with van der Waals surface area (Å²) in [5, 5.41) is 2.65. The van der Waals surface area contributed by atoms with Crippen molar-refractivity contribution in [3.8, 4) is 0 Å².